The number of hydrogen-bond donors (Lipinski definition) is 3. The summed E-state index contributed by atoms with van der Waals surface area (Å²) >= 11 is 0. The van der Waals surface area contributed by atoms with Gasteiger partial charge in [-0.1, -0.05) is 35.5 Å². The number of aromatic nitrogens is 5. The predicted molar refractivity (Wildman–Crippen MR) is 120 cm³/mol. The number of hydrazone groups is 1. The van der Waals surface area contributed by atoms with Crippen LogP contribution in [0.15, 0.2) is 64.3 Å². The number of amides is 2. The first-order valence-electron chi connectivity index (χ1n) is 9.89. The molecule has 0 saturated heterocycles. The third-order valence-electron chi connectivity index (χ3n) is 4.61. The van der Waals surface area contributed by atoms with Crippen LogP contribution in [0.2, 0.25) is 0 Å². The van der Waals surface area contributed by atoms with Gasteiger partial charge >= 0.3 is 0 Å². The first-order valence-corrected chi connectivity index (χ1v) is 9.89. The number of carbonyl (C=O) groups is 2. The largest absolute Gasteiger partial charge is 0.484 e. The van der Waals surface area contributed by atoms with Gasteiger partial charge in [0.15, 0.2) is 12.3 Å². The molecule has 0 fully saturated rings. The normalized spacial score (nSPS) is 11.3. The molecule has 0 aliphatic rings. The molecule has 2 aromatic heterocycles. The molecule has 0 aliphatic carbocycles. The number of benzene rings is 2. The van der Waals surface area contributed by atoms with Gasteiger partial charge < -0.3 is 16.2 Å². The molecular weight excluding hydrogens is 442 g/mol. The molecule has 0 atom stereocenters. The van der Waals surface area contributed by atoms with Gasteiger partial charge in [-0.15, -0.1) is 5.10 Å². The van der Waals surface area contributed by atoms with E-state index in [-0.39, 0.29) is 23.9 Å². The quantitative estimate of drug-likeness (QED) is 0.253. The zero-order chi connectivity index (χ0) is 24.1. The number of rotatable bonds is 8. The van der Waals surface area contributed by atoms with Crippen molar-refractivity contribution in [2.24, 2.45) is 10.8 Å². The molecule has 5 N–H and O–H groups in total. The number of carbonyl (C=O) groups excluding carboxylic acids is 2. The van der Waals surface area contributed by atoms with Gasteiger partial charge in [-0.05, 0) is 47.1 Å². The molecule has 0 radical (unpaired) electrons. The Labute approximate surface area is 192 Å². The molecule has 34 heavy (non-hydrogen) atoms. The smallest absolute Gasteiger partial charge is 0.294 e. The summed E-state index contributed by atoms with van der Waals surface area (Å²) in [5, 5.41) is 19.5. The van der Waals surface area contributed by atoms with Crippen LogP contribution in [0.3, 0.4) is 0 Å². The first kappa shape index (κ1) is 22.1. The van der Waals surface area contributed by atoms with Crippen LogP contribution >= 0.6 is 0 Å². The second kappa shape index (κ2) is 9.60. The van der Waals surface area contributed by atoms with Crippen molar-refractivity contribution >= 4 is 23.3 Å². The van der Waals surface area contributed by atoms with Gasteiger partial charge in [-0.25, -0.2) is 10.1 Å². The van der Waals surface area contributed by atoms with E-state index in [4.69, 9.17) is 16.2 Å². The number of hydrogen-bond acceptors (Lipinski definition) is 10. The topological polar surface area (TPSA) is 189 Å². The standard InChI is InChI=1S/C21H19N9O4/c1-12(13-7-9-15(10-8-13)33-11-16(22)31)24-26-21(32)17-18(14-5-3-2-4-6-14)30(29-25-17)20-19(23)27-34-28-20/h2-10H,11H2,1H3,(H2,22,31)(H2,23,27)(H,26,32)/b24-12+. The van der Waals surface area contributed by atoms with Gasteiger partial charge in [0.1, 0.15) is 11.4 Å². The van der Waals surface area contributed by atoms with E-state index in [1.54, 1.807) is 55.5 Å². The van der Waals surface area contributed by atoms with Gasteiger partial charge in [0.2, 0.25) is 11.6 Å². The number of nitrogen functional groups attached to an aromatic ring is 1. The molecule has 0 bridgehead atoms. The van der Waals surface area contributed by atoms with Crippen LogP contribution in [0.25, 0.3) is 17.1 Å². The molecular formula is C21H19N9O4. The van der Waals surface area contributed by atoms with Crippen molar-refractivity contribution in [3.63, 3.8) is 0 Å². The summed E-state index contributed by atoms with van der Waals surface area (Å²) in [5.74, 6) is -0.597. The van der Waals surface area contributed by atoms with Crippen molar-refractivity contribution < 1.29 is 19.0 Å². The predicted octanol–water partition coefficient (Wildman–Crippen LogP) is 0.918. The SMILES string of the molecule is C/C(=N\NC(=O)c1nnn(-c2nonc2N)c1-c1ccccc1)c1ccc(OCC(N)=O)cc1. The van der Waals surface area contributed by atoms with E-state index in [0.717, 1.165) is 5.56 Å². The molecule has 0 aliphatic heterocycles. The Bertz CT molecular complexity index is 1340. The zero-order valence-electron chi connectivity index (χ0n) is 17.9. The third-order valence-corrected chi connectivity index (χ3v) is 4.61. The van der Waals surface area contributed by atoms with E-state index in [2.05, 4.69) is 35.8 Å². The second-order valence-electron chi connectivity index (χ2n) is 6.96. The van der Waals surface area contributed by atoms with Crippen molar-refractivity contribution in [3.05, 3.63) is 65.9 Å². The Morgan fingerprint density at radius 2 is 1.85 bits per heavy atom. The molecule has 172 valence electrons. The van der Waals surface area contributed by atoms with Crippen molar-refractivity contribution in [2.45, 2.75) is 6.92 Å². The molecule has 4 aromatic rings. The number of nitrogens with two attached hydrogens (primary N) is 2. The van der Waals surface area contributed by atoms with Crippen LogP contribution in [-0.2, 0) is 4.79 Å². The van der Waals surface area contributed by atoms with E-state index in [1.165, 1.54) is 4.68 Å². The van der Waals surface area contributed by atoms with E-state index in [1.807, 2.05) is 6.07 Å². The Kier molecular flexibility index (Phi) is 6.25. The highest BCUT2D eigenvalue weighted by molar-refractivity contribution is 6.02. The Morgan fingerprint density at radius 1 is 1.12 bits per heavy atom. The molecule has 13 heteroatoms. The Hall–Kier alpha value is -5.07. The van der Waals surface area contributed by atoms with Crippen LogP contribution in [0.1, 0.15) is 23.0 Å². The first-order chi connectivity index (χ1) is 16.4. The second-order valence-corrected chi connectivity index (χ2v) is 6.96. The average Bonchev–Trinajstić information content (AvgIpc) is 3.47. The summed E-state index contributed by atoms with van der Waals surface area (Å²) in [4.78, 5) is 23.8. The van der Waals surface area contributed by atoms with Crippen LogP contribution < -0.4 is 21.6 Å². The fourth-order valence-corrected chi connectivity index (χ4v) is 2.97. The van der Waals surface area contributed by atoms with Gasteiger partial charge in [0, 0.05) is 5.56 Å². The molecule has 2 aromatic carbocycles. The molecule has 0 saturated carbocycles. The minimum Gasteiger partial charge on any atom is -0.484 e. The van der Waals surface area contributed by atoms with Crippen LogP contribution in [0.5, 0.6) is 5.75 Å². The minimum atomic E-state index is -0.596. The van der Waals surface area contributed by atoms with E-state index in [0.29, 0.717) is 22.7 Å². The lowest BCUT2D eigenvalue weighted by Gasteiger charge is -2.07. The highest BCUT2D eigenvalue weighted by atomic mass is 16.6. The molecule has 4 rings (SSSR count). The Balaban J connectivity index is 1.57. The number of nitrogens with zero attached hydrogens (tertiary/aromatic N) is 6. The maximum atomic E-state index is 13.0. The molecule has 13 nitrogen and oxygen atoms in total. The molecule has 0 spiro atoms. The monoisotopic (exact) mass is 461 g/mol. The van der Waals surface area contributed by atoms with Crippen LogP contribution in [0.4, 0.5) is 5.82 Å². The maximum Gasteiger partial charge on any atom is 0.294 e. The average molecular weight is 461 g/mol. The fourth-order valence-electron chi connectivity index (χ4n) is 2.97. The summed E-state index contributed by atoms with van der Waals surface area (Å²) in [7, 11) is 0. The number of nitrogens with one attached hydrogen (secondary N) is 1. The maximum absolute atomic E-state index is 13.0. The van der Waals surface area contributed by atoms with Crippen molar-refractivity contribution in [2.75, 3.05) is 12.3 Å². The number of primary amides is 1. The zero-order valence-corrected chi connectivity index (χ0v) is 17.9. The highest BCUT2D eigenvalue weighted by Crippen LogP contribution is 2.26. The molecule has 0 unspecified atom stereocenters. The van der Waals surface area contributed by atoms with Gasteiger partial charge in [-0.2, -0.15) is 9.78 Å². The van der Waals surface area contributed by atoms with E-state index in [9.17, 15) is 9.59 Å². The van der Waals surface area contributed by atoms with Gasteiger partial charge in [0.05, 0.1) is 5.71 Å². The Morgan fingerprint density at radius 3 is 2.50 bits per heavy atom. The summed E-state index contributed by atoms with van der Waals surface area (Å²) in [5.41, 5.74) is 15.6. The minimum absolute atomic E-state index is 0.000324. The van der Waals surface area contributed by atoms with E-state index >= 15 is 0 Å². The lowest BCUT2D eigenvalue weighted by Crippen LogP contribution is -2.21. The lowest BCUT2D eigenvalue weighted by atomic mass is 10.1. The summed E-state index contributed by atoms with van der Waals surface area (Å²) in [6, 6.07) is 15.8. The summed E-state index contributed by atoms with van der Waals surface area (Å²) < 4.78 is 11.2. The van der Waals surface area contributed by atoms with Crippen molar-refractivity contribution in [3.8, 4) is 22.8 Å². The van der Waals surface area contributed by atoms with E-state index < -0.39 is 11.8 Å². The highest BCUT2D eigenvalue weighted by Gasteiger charge is 2.25. The number of ether oxygens (including phenoxy) is 1. The van der Waals surface area contributed by atoms with Crippen LogP contribution in [-0.4, -0.2) is 49.4 Å². The van der Waals surface area contributed by atoms with Crippen molar-refractivity contribution in [1.29, 1.82) is 0 Å². The van der Waals surface area contributed by atoms with Crippen molar-refractivity contribution in [1.82, 2.24) is 30.7 Å². The number of anilines is 1. The third kappa shape index (κ3) is 4.72. The summed E-state index contributed by atoms with van der Waals surface area (Å²) in [6.45, 7) is 1.50. The molecule has 2 heterocycles. The fraction of sp³-hybridized carbons (Fsp3) is 0.0952. The van der Waals surface area contributed by atoms with Gasteiger partial charge in [-0.3, -0.25) is 9.59 Å². The van der Waals surface area contributed by atoms with Crippen LogP contribution in [0, 0.1) is 0 Å². The lowest BCUT2D eigenvalue weighted by molar-refractivity contribution is -0.119. The molecule has 2 amide bonds. The summed E-state index contributed by atoms with van der Waals surface area (Å²) in [6.07, 6.45) is 0. The van der Waals surface area contributed by atoms with Gasteiger partial charge in [0.25, 0.3) is 11.8 Å².